The summed E-state index contributed by atoms with van der Waals surface area (Å²) in [5.41, 5.74) is 8.37. The molecule has 0 saturated carbocycles. The Kier molecular flexibility index (Phi) is 5.86. The highest BCUT2D eigenvalue weighted by Crippen LogP contribution is 2.29. The first-order chi connectivity index (χ1) is 16.7. The summed E-state index contributed by atoms with van der Waals surface area (Å²) in [4.78, 5) is 10.2. The molecule has 0 unspecified atom stereocenters. The minimum absolute atomic E-state index is 0.0851. The van der Waals surface area contributed by atoms with E-state index >= 15 is 0 Å². The number of likely N-dealkylation sites (tertiary alicyclic amines) is 1. The summed E-state index contributed by atoms with van der Waals surface area (Å²) in [6.45, 7) is -0.916. The summed E-state index contributed by atoms with van der Waals surface area (Å²) >= 11 is 0. The van der Waals surface area contributed by atoms with Crippen LogP contribution in [-0.2, 0) is 6.54 Å². The highest BCUT2D eigenvalue weighted by molar-refractivity contribution is 5.88. The van der Waals surface area contributed by atoms with Crippen LogP contribution in [0.3, 0.4) is 0 Å². The number of anilines is 2. The van der Waals surface area contributed by atoms with Crippen molar-refractivity contribution >= 4 is 28.4 Å². The zero-order valence-corrected chi connectivity index (χ0v) is 18.3. The molecule has 15 heteroatoms. The topological polar surface area (TPSA) is 115 Å². The molecule has 186 valence electrons. The molecule has 0 spiro atoms. The molecule has 35 heavy (non-hydrogen) atoms. The number of nitrogen functional groups attached to an aromatic ring is 1. The molecule has 1 fully saturated rings. The van der Waals surface area contributed by atoms with Crippen LogP contribution in [0.25, 0.3) is 27.9 Å². The number of piperidine rings is 1. The second-order valence-electron chi connectivity index (χ2n) is 8.36. The predicted octanol–water partition coefficient (Wildman–Crippen LogP) is 2.82. The third-order valence-electron chi connectivity index (χ3n) is 5.81. The van der Waals surface area contributed by atoms with Gasteiger partial charge < -0.3 is 11.1 Å². The van der Waals surface area contributed by atoms with Crippen molar-refractivity contribution in [1.82, 2.24) is 39.5 Å². The number of fused-ring (bicyclic) bond motifs is 2. The van der Waals surface area contributed by atoms with Gasteiger partial charge >= 0.3 is 6.18 Å². The van der Waals surface area contributed by atoms with Gasteiger partial charge in [0, 0.05) is 30.9 Å². The van der Waals surface area contributed by atoms with Crippen LogP contribution in [0.5, 0.6) is 0 Å². The summed E-state index contributed by atoms with van der Waals surface area (Å²) in [6, 6.07) is 4.96. The molecule has 0 atom stereocenters. The number of rotatable bonds is 6. The summed E-state index contributed by atoms with van der Waals surface area (Å²) in [7, 11) is 0. The van der Waals surface area contributed by atoms with Crippen LogP contribution in [0.2, 0.25) is 0 Å². The molecule has 5 heterocycles. The maximum atomic E-state index is 12.8. The van der Waals surface area contributed by atoms with Gasteiger partial charge in [0.2, 0.25) is 5.95 Å². The molecule has 1 aliphatic heterocycles. The summed E-state index contributed by atoms with van der Waals surface area (Å²) in [5, 5.41) is 15.2. The van der Waals surface area contributed by atoms with Crippen LogP contribution < -0.4 is 11.1 Å². The highest BCUT2D eigenvalue weighted by Gasteiger charge is 2.32. The molecule has 0 radical (unpaired) electrons. The Morgan fingerprint density at radius 3 is 2.60 bits per heavy atom. The van der Waals surface area contributed by atoms with Crippen LogP contribution in [0.4, 0.5) is 33.7 Å². The summed E-state index contributed by atoms with van der Waals surface area (Å²) in [6.07, 6.45) is -4.13. The van der Waals surface area contributed by atoms with Gasteiger partial charge in [-0.2, -0.15) is 18.2 Å². The van der Waals surface area contributed by atoms with Crippen LogP contribution >= 0.6 is 0 Å². The van der Waals surface area contributed by atoms with Crippen LogP contribution in [-0.4, -0.2) is 77.8 Å². The molecular weight excluding hydrogens is 475 g/mol. The Bertz CT molecular complexity index is 1340. The van der Waals surface area contributed by atoms with E-state index in [0.717, 1.165) is 4.68 Å². The van der Waals surface area contributed by atoms with E-state index in [4.69, 9.17) is 5.73 Å². The van der Waals surface area contributed by atoms with Gasteiger partial charge in [-0.1, -0.05) is 5.21 Å². The molecule has 5 rings (SSSR count). The fourth-order valence-electron chi connectivity index (χ4n) is 4.25. The predicted molar refractivity (Wildman–Crippen MR) is 117 cm³/mol. The normalized spacial score (nSPS) is 16.1. The molecule has 4 aromatic rings. The van der Waals surface area contributed by atoms with Gasteiger partial charge in [-0.3, -0.25) is 4.90 Å². The third kappa shape index (κ3) is 4.94. The van der Waals surface area contributed by atoms with Crippen molar-refractivity contribution in [2.45, 2.75) is 38.0 Å². The molecule has 4 aromatic heterocycles. The van der Waals surface area contributed by atoms with Gasteiger partial charge in [0.25, 0.3) is 6.43 Å². The third-order valence-corrected chi connectivity index (χ3v) is 5.81. The lowest BCUT2D eigenvalue weighted by Crippen LogP contribution is -2.43. The minimum atomic E-state index is -4.21. The lowest BCUT2D eigenvalue weighted by atomic mass is 10.1. The van der Waals surface area contributed by atoms with E-state index in [1.54, 1.807) is 24.4 Å². The van der Waals surface area contributed by atoms with Gasteiger partial charge in [-0.05, 0) is 31.0 Å². The van der Waals surface area contributed by atoms with Crippen LogP contribution in [0.1, 0.15) is 12.8 Å². The quantitative estimate of drug-likeness (QED) is 0.392. The van der Waals surface area contributed by atoms with Crippen molar-refractivity contribution in [3.05, 3.63) is 24.4 Å². The van der Waals surface area contributed by atoms with Crippen molar-refractivity contribution in [3.63, 3.8) is 0 Å². The molecule has 0 amide bonds. The summed E-state index contributed by atoms with van der Waals surface area (Å²) < 4.78 is 66.1. The van der Waals surface area contributed by atoms with E-state index in [1.165, 1.54) is 9.42 Å². The Hall–Kier alpha value is -3.62. The first-order valence-corrected chi connectivity index (χ1v) is 10.9. The van der Waals surface area contributed by atoms with E-state index in [2.05, 4.69) is 30.7 Å². The number of hydrogen-bond donors (Lipinski definition) is 2. The average Bonchev–Trinajstić information content (AvgIpc) is 3.38. The molecule has 1 saturated heterocycles. The second kappa shape index (κ2) is 8.87. The van der Waals surface area contributed by atoms with Crippen molar-refractivity contribution in [1.29, 1.82) is 0 Å². The zero-order chi connectivity index (χ0) is 24.7. The summed E-state index contributed by atoms with van der Waals surface area (Å²) in [5.74, 6) is 0.423. The number of nitrogens with two attached hydrogens (primary N) is 1. The van der Waals surface area contributed by atoms with Crippen molar-refractivity contribution in [2.24, 2.45) is 0 Å². The molecular formula is C20H21F5N10. The lowest BCUT2D eigenvalue weighted by molar-refractivity contribution is -0.147. The van der Waals surface area contributed by atoms with Crippen LogP contribution in [0, 0.1) is 0 Å². The minimum Gasteiger partial charge on any atom is -0.382 e. The standard InChI is InChI=1S/C20H21F5N10/c21-15(22)9-35-18-14(30-32-35)2-1-13(28-18)12-5-8-34-16(12)17(26)29-19(31-34)27-11-3-6-33(7-4-11)10-20(23,24)25/h1-2,5,8,11,15H,3-4,6-7,9-10H2,(H3,26,27,29,31). The SMILES string of the molecule is Nc1nc(NC2CCN(CC(F)(F)F)CC2)nn2ccc(-c3ccc4nnn(CC(F)F)c4n3)c12. The molecule has 3 N–H and O–H groups in total. The van der Waals surface area contributed by atoms with Crippen LogP contribution in [0.15, 0.2) is 24.4 Å². The van der Waals surface area contributed by atoms with Crippen molar-refractivity contribution in [3.8, 4) is 11.3 Å². The first kappa shape index (κ1) is 23.1. The maximum absolute atomic E-state index is 12.8. The number of nitrogens with zero attached hydrogens (tertiary/aromatic N) is 8. The van der Waals surface area contributed by atoms with Gasteiger partial charge in [0.05, 0.1) is 12.2 Å². The molecule has 0 bridgehead atoms. The van der Waals surface area contributed by atoms with Crippen molar-refractivity contribution in [2.75, 3.05) is 30.7 Å². The lowest BCUT2D eigenvalue weighted by Gasteiger charge is -2.32. The fraction of sp³-hybridized carbons (Fsp3) is 0.450. The molecule has 0 aromatic carbocycles. The number of alkyl halides is 5. The number of aromatic nitrogens is 7. The molecule has 1 aliphatic rings. The van der Waals surface area contributed by atoms with E-state index in [0.29, 0.717) is 48.2 Å². The Morgan fingerprint density at radius 1 is 1.11 bits per heavy atom. The number of hydrogen-bond acceptors (Lipinski definition) is 8. The number of pyridine rings is 1. The molecule has 0 aliphatic carbocycles. The van der Waals surface area contributed by atoms with E-state index in [9.17, 15) is 22.0 Å². The van der Waals surface area contributed by atoms with Gasteiger partial charge in [-0.25, -0.2) is 23.0 Å². The monoisotopic (exact) mass is 496 g/mol. The van der Waals surface area contributed by atoms with E-state index in [-0.39, 0.29) is 23.5 Å². The maximum Gasteiger partial charge on any atom is 0.401 e. The largest absolute Gasteiger partial charge is 0.401 e. The fourth-order valence-corrected chi connectivity index (χ4v) is 4.25. The first-order valence-electron chi connectivity index (χ1n) is 10.9. The smallest absolute Gasteiger partial charge is 0.382 e. The van der Waals surface area contributed by atoms with E-state index < -0.39 is 25.7 Å². The highest BCUT2D eigenvalue weighted by atomic mass is 19.4. The second-order valence-corrected chi connectivity index (χ2v) is 8.36. The van der Waals surface area contributed by atoms with E-state index in [1.807, 2.05) is 0 Å². The zero-order valence-electron chi connectivity index (χ0n) is 18.3. The Morgan fingerprint density at radius 2 is 1.89 bits per heavy atom. The Balaban J connectivity index is 1.36. The Labute approximate surface area is 194 Å². The number of halogens is 5. The van der Waals surface area contributed by atoms with Gasteiger partial charge in [-0.15, -0.1) is 10.2 Å². The number of nitrogens with one attached hydrogen (secondary N) is 1. The molecule has 10 nitrogen and oxygen atoms in total. The van der Waals surface area contributed by atoms with Gasteiger partial charge in [0.15, 0.2) is 11.5 Å². The average molecular weight is 496 g/mol. The van der Waals surface area contributed by atoms with Gasteiger partial charge in [0.1, 0.15) is 17.6 Å². The van der Waals surface area contributed by atoms with Crippen molar-refractivity contribution < 1.29 is 22.0 Å².